The monoisotopic (exact) mass is 211 g/mol. The second-order valence-electron chi connectivity index (χ2n) is 3.05. The van der Waals surface area contributed by atoms with Gasteiger partial charge in [-0.3, -0.25) is 0 Å². The maximum atomic E-state index is 8.77. The van der Waals surface area contributed by atoms with Crippen molar-refractivity contribution >= 4 is 11.8 Å². The molecule has 0 saturated carbocycles. The Hall–Kier alpha value is -1.72. The van der Waals surface area contributed by atoms with Crippen molar-refractivity contribution in [1.29, 1.82) is 5.26 Å². The van der Waals surface area contributed by atoms with Gasteiger partial charge in [-0.1, -0.05) is 36.0 Å². The zero-order valence-electron chi connectivity index (χ0n) is 8.05. The van der Waals surface area contributed by atoms with Crippen LogP contribution in [0.15, 0.2) is 64.4 Å². The first-order valence-electron chi connectivity index (χ1n) is 4.61. The van der Waals surface area contributed by atoms with Crippen molar-refractivity contribution < 1.29 is 0 Å². The van der Waals surface area contributed by atoms with E-state index in [2.05, 4.69) is 18.2 Å². The molecule has 0 bridgehead atoms. The highest BCUT2D eigenvalue weighted by Gasteiger charge is 1.97. The van der Waals surface area contributed by atoms with E-state index < -0.39 is 0 Å². The molecule has 0 saturated heterocycles. The van der Waals surface area contributed by atoms with Crippen LogP contribution >= 0.6 is 11.8 Å². The fourth-order valence-corrected chi connectivity index (χ4v) is 2.15. The summed E-state index contributed by atoms with van der Waals surface area (Å²) in [6.07, 6.45) is 0. The van der Waals surface area contributed by atoms with Crippen LogP contribution in [0.4, 0.5) is 0 Å². The molecule has 2 aromatic carbocycles. The van der Waals surface area contributed by atoms with Crippen LogP contribution in [0.25, 0.3) is 0 Å². The summed E-state index contributed by atoms with van der Waals surface area (Å²) in [6.45, 7) is 0. The van der Waals surface area contributed by atoms with E-state index in [0.717, 1.165) is 4.90 Å². The molecule has 0 aliphatic carbocycles. The van der Waals surface area contributed by atoms with Crippen molar-refractivity contribution in [1.82, 2.24) is 0 Å². The Kier molecular flexibility index (Phi) is 3.06. The van der Waals surface area contributed by atoms with E-state index in [-0.39, 0.29) is 0 Å². The van der Waals surface area contributed by atoms with E-state index in [0.29, 0.717) is 5.56 Å². The molecule has 0 fully saturated rings. The van der Waals surface area contributed by atoms with Crippen molar-refractivity contribution in [2.45, 2.75) is 9.79 Å². The fraction of sp³-hybridized carbons (Fsp3) is 0. The maximum Gasteiger partial charge on any atom is 0.0992 e. The third kappa shape index (κ3) is 2.61. The van der Waals surface area contributed by atoms with Gasteiger partial charge < -0.3 is 0 Å². The summed E-state index contributed by atoms with van der Waals surface area (Å²) in [6, 6.07) is 19.9. The first kappa shape index (κ1) is 9.82. The summed E-state index contributed by atoms with van der Waals surface area (Å²) in [5.41, 5.74) is 0.705. The fourth-order valence-electron chi connectivity index (χ4n) is 1.25. The van der Waals surface area contributed by atoms with Gasteiger partial charge in [-0.15, -0.1) is 0 Å². The van der Waals surface area contributed by atoms with E-state index in [4.69, 9.17) is 5.26 Å². The standard InChI is InChI=1S/C13H9NS/c14-10-11-5-4-8-13(9-11)15-12-6-2-1-3-7-12/h1-9H. The van der Waals surface area contributed by atoms with Crippen LogP contribution < -0.4 is 0 Å². The highest BCUT2D eigenvalue weighted by molar-refractivity contribution is 7.99. The number of benzene rings is 2. The summed E-state index contributed by atoms with van der Waals surface area (Å²) < 4.78 is 0. The van der Waals surface area contributed by atoms with E-state index in [1.807, 2.05) is 42.5 Å². The van der Waals surface area contributed by atoms with Crippen LogP contribution in [0.1, 0.15) is 5.56 Å². The van der Waals surface area contributed by atoms with Gasteiger partial charge in [0, 0.05) is 9.79 Å². The summed E-state index contributed by atoms with van der Waals surface area (Å²) >= 11 is 1.67. The molecule has 1 nitrogen and oxygen atoms in total. The number of nitriles is 1. The quantitative estimate of drug-likeness (QED) is 0.756. The van der Waals surface area contributed by atoms with Crippen molar-refractivity contribution in [3.63, 3.8) is 0 Å². The summed E-state index contributed by atoms with van der Waals surface area (Å²) in [5, 5.41) is 8.77. The Morgan fingerprint density at radius 1 is 0.867 bits per heavy atom. The molecule has 0 radical (unpaired) electrons. The molecular formula is C13H9NS. The molecule has 0 heterocycles. The highest BCUT2D eigenvalue weighted by Crippen LogP contribution is 2.27. The lowest BCUT2D eigenvalue weighted by atomic mass is 10.2. The van der Waals surface area contributed by atoms with Gasteiger partial charge in [-0.05, 0) is 30.3 Å². The zero-order valence-corrected chi connectivity index (χ0v) is 8.87. The SMILES string of the molecule is N#Cc1cccc(Sc2ccccc2)c1. The number of hydrogen-bond acceptors (Lipinski definition) is 2. The number of rotatable bonds is 2. The second-order valence-corrected chi connectivity index (χ2v) is 4.20. The van der Waals surface area contributed by atoms with Gasteiger partial charge in [0.05, 0.1) is 11.6 Å². The average molecular weight is 211 g/mol. The molecular weight excluding hydrogens is 202 g/mol. The molecule has 0 amide bonds. The van der Waals surface area contributed by atoms with Crippen LogP contribution in [-0.2, 0) is 0 Å². The van der Waals surface area contributed by atoms with Crippen LogP contribution in [0, 0.1) is 11.3 Å². The van der Waals surface area contributed by atoms with Crippen molar-refractivity contribution in [2.75, 3.05) is 0 Å². The molecule has 0 unspecified atom stereocenters. The molecule has 2 aromatic rings. The molecule has 2 heteroatoms. The van der Waals surface area contributed by atoms with Gasteiger partial charge in [-0.2, -0.15) is 5.26 Å². The summed E-state index contributed by atoms with van der Waals surface area (Å²) in [7, 11) is 0. The lowest BCUT2D eigenvalue weighted by Crippen LogP contribution is -1.76. The molecule has 72 valence electrons. The number of nitrogens with zero attached hydrogens (tertiary/aromatic N) is 1. The second kappa shape index (κ2) is 4.68. The Morgan fingerprint density at radius 3 is 2.33 bits per heavy atom. The van der Waals surface area contributed by atoms with Crippen LogP contribution in [-0.4, -0.2) is 0 Å². The van der Waals surface area contributed by atoms with Gasteiger partial charge in [0.15, 0.2) is 0 Å². The summed E-state index contributed by atoms with van der Waals surface area (Å²) in [5.74, 6) is 0. The third-order valence-electron chi connectivity index (χ3n) is 1.94. The van der Waals surface area contributed by atoms with E-state index in [1.165, 1.54) is 4.90 Å². The van der Waals surface area contributed by atoms with E-state index in [1.54, 1.807) is 11.8 Å². The van der Waals surface area contributed by atoms with Gasteiger partial charge in [0.2, 0.25) is 0 Å². The first-order valence-corrected chi connectivity index (χ1v) is 5.43. The third-order valence-corrected chi connectivity index (χ3v) is 2.94. The molecule has 0 spiro atoms. The van der Waals surface area contributed by atoms with Gasteiger partial charge in [0.25, 0.3) is 0 Å². The van der Waals surface area contributed by atoms with Crippen molar-refractivity contribution in [2.24, 2.45) is 0 Å². The highest BCUT2D eigenvalue weighted by atomic mass is 32.2. The van der Waals surface area contributed by atoms with Crippen molar-refractivity contribution in [3.8, 4) is 6.07 Å². The Balaban J connectivity index is 2.22. The Labute approximate surface area is 93.4 Å². The van der Waals surface area contributed by atoms with Gasteiger partial charge in [0.1, 0.15) is 0 Å². The smallest absolute Gasteiger partial charge is 0.0992 e. The number of hydrogen-bond donors (Lipinski definition) is 0. The topological polar surface area (TPSA) is 23.8 Å². The largest absolute Gasteiger partial charge is 0.192 e. The minimum Gasteiger partial charge on any atom is -0.192 e. The molecule has 0 aromatic heterocycles. The molecule has 0 aliphatic rings. The van der Waals surface area contributed by atoms with Crippen LogP contribution in [0.3, 0.4) is 0 Å². The first-order chi connectivity index (χ1) is 7.38. The molecule has 0 atom stereocenters. The molecule has 0 aliphatic heterocycles. The Bertz CT molecular complexity index is 485. The predicted octanol–water partition coefficient (Wildman–Crippen LogP) is 3.71. The zero-order chi connectivity index (χ0) is 10.5. The summed E-state index contributed by atoms with van der Waals surface area (Å²) in [4.78, 5) is 2.29. The van der Waals surface area contributed by atoms with E-state index >= 15 is 0 Å². The van der Waals surface area contributed by atoms with Gasteiger partial charge >= 0.3 is 0 Å². The van der Waals surface area contributed by atoms with E-state index in [9.17, 15) is 0 Å². The predicted molar refractivity (Wildman–Crippen MR) is 61.7 cm³/mol. The lowest BCUT2D eigenvalue weighted by Gasteiger charge is -2.00. The normalized spacial score (nSPS) is 9.53. The van der Waals surface area contributed by atoms with Gasteiger partial charge in [-0.25, -0.2) is 0 Å². The van der Waals surface area contributed by atoms with Crippen LogP contribution in [0.5, 0.6) is 0 Å². The lowest BCUT2D eigenvalue weighted by molar-refractivity contribution is 1.38. The van der Waals surface area contributed by atoms with Crippen LogP contribution in [0.2, 0.25) is 0 Å². The van der Waals surface area contributed by atoms with Crippen molar-refractivity contribution in [3.05, 3.63) is 60.2 Å². The molecule has 15 heavy (non-hydrogen) atoms. The maximum absolute atomic E-state index is 8.77. The average Bonchev–Trinajstić information content (AvgIpc) is 2.31. The minimum absolute atomic E-state index is 0.705. The minimum atomic E-state index is 0.705. The molecule has 2 rings (SSSR count). The molecule has 0 N–H and O–H groups in total. The Morgan fingerprint density at radius 2 is 1.60 bits per heavy atom.